The lowest BCUT2D eigenvalue weighted by atomic mass is 10.0. The van der Waals surface area contributed by atoms with Gasteiger partial charge in [-0.25, -0.2) is 4.79 Å². The van der Waals surface area contributed by atoms with E-state index < -0.39 is 10.1 Å². The minimum absolute atomic E-state index is 0.0666. The Morgan fingerprint density at radius 3 is 2.31 bits per heavy atom. The van der Waals surface area contributed by atoms with Crippen LogP contribution in [0.2, 0.25) is 0 Å². The minimum atomic E-state index is -4.02. The molecule has 6 rings (SSSR count). The van der Waals surface area contributed by atoms with Crippen LogP contribution in [-0.4, -0.2) is 45.8 Å². The number of aromatic nitrogens is 4. The summed E-state index contributed by atoms with van der Waals surface area (Å²) in [6.07, 6.45) is 6.20. The van der Waals surface area contributed by atoms with Gasteiger partial charge in [-0.1, -0.05) is 42.0 Å². The molecule has 0 aliphatic heterocycles. The van der Waals surface area contributed by atoms with E-state index in [-0.39, 0.29) is 10.6 Å². The molecular formula is C32H30N4O5S. The maximum atomic E-state index is 13.2. The fraction of sp³-hybridized carbons (Fsp3) is 0.156. The lowest BCUT2D eigenvalue weighted by molar-refractivity contribution is 0.202. The number of benzene rings is 3. The van der Waals surface area contributed by atoms with Crippen molar-refractivity contribution in [2.45, 2.75) is 18.2 Å². The molecular weight excluding hydrogens is 552 g/mol. The van der Waals surface area contributed by atoms with Gasteiger partial charge in [-0.05, 0) is 66.9 Å². The van der Waals surface area contributed by atoms with Gasteiger partial charge in [-0.15, -0.1) is 0 Å². The van der Waals surface area contributed by atoms with E-state index in [1.807, 2.05) is 61.7 Å². The second-order valence-electron chi connectivity index (χ2n) is 9.84. The molecule has 42 heavy (non-hydrogen) atoms. The SMILES string of the molecule is COCCc1ccc(-n2c(=O)n(C)c3cnc4ccc(-c5cccnc5)cc4c32)cc1.Cc1ccc(S(=O)(=O)O)cc1. The summed E-state index contributed by atoms with van der Waals surface area (Å²) in [4.78, 5) is 22.0. The summed E-state index contributed by atoms with van der Waals surface area (Å²) in [5.41, 5.74) is 7.41. The van der Waals surface area contributed by atoms with Gasteiger partial charge in [-0.2, -0.15) is 8.42 Å². The summed E-state index contributed by atoms with van der Waals surface area (Å²) in [6, 6.07) is 24.1. The third kappa shape index (κ3) is 6.01. The molecule has 3 aromatic heterocycles. The molecule has 0 bridgehead atoms. The zero-order valence-corrected chi connectivity index (χ0v) is 24.2. The minimum Gasteiger partial charge on any atom is -0.384 e. The van der Waals surface area contributed by atoms with E-state index in [4.69, 9.17) is 9.29 Å². The number of ether oxygens (including phenoxy) is 1. The Balaban J connectivity index is 0.000000271. The summed E-state index contributed by atoms with van der Waals surface area (Å²) < 4.78 is 38.1. The second kappa shape index (κ2) is 12.1. The summed E-state index contributed by atoms with van der Waals surface area (Å²) in [7, 11) is -0.538. The predicted octanol–water partition coefficient (Wildman–Crippen LogP) is 5.37. The summed E-state index contributed by atoms with van der Waals surface area (Å²) in [6.45, 7) is 2.51. The highest BCUT2D eigenvalue weighted by Crippen LogP contribution is 2.29. The maximum Gasteiger partial charge on any atom is 0.333 e. The standard InChI is InChI=1S/C25H22N4O2.C7H8O3S/c1-28-23-16-27-22-10-7-18(19-4-3-12-26-15-19)14-21(22)24(23)29(25(28)30)20-8-5-17(6-9-20)11-13-31-2;1-6-2-4-7(5-3-6)11(8,9)10/h3-10,12,14-16H,11,13H2,1-2H3;2-5H,1H3,(H,8,9,10). The molecule has 0 amide bonds. The van der Waals surface area contributed by atoms with Crippen LogP contribution in [0.1, 0.15) is 11.1 Å². The first kappa shape index (κ1) is 28.9. The van der Waals surface area contributed by atoms with E-state index >= 15 is 0 Å². The van der Waals surface area contributed by atoms with Crippen LogP contribution in [-0.2, 0) is 28.3 Å². The molecule has 0 radical (unpaired) electrons. The topological polar surface area (TPSA) is 116 Å². The monoisotopic (exact) mass is 582 g/mol. The Hall–Kier alpha value is -4.64. The zero-order chi connectivity index (χ0) is 29.9. The van der Waals surface area contributed by atoms with Crippen LogP contribution in [0.4, 0.5) is 0 Å². The van der Waals surface area contributed by atoms with Crippen LogP contribution >= 0.6 is 0 Å². The number of fused-ring (bicyclic) bond motifs is 3. The number of imidazole rings is 1. The van der Waals surface area contributed by atoms with Crippen molar-refractivity contribution in [2.24, 2.45) is 7.05 Å². The summed E-state index contributed by atoms with van der Waals surface area (Å²) >= 11 is 0. The van der Waals surface area contributed by atoms with Crippen LogP contribution < -0.4 is 5.69 Å². The normalized spacial score (nSPS) is 11.4. The quantitative estimate of drug-likeness (QED) is 0.263. The molecule has 3 aromatic carbocycles. The van der Waals surface area contributed by atoms with Gasteiger partial charge in [0.25, 0.3) is 10.1 Å². The van der Waals surface area contributed by atoms with Crippen LogP contribution in [0.3, 0.4) is 0 Å². The van der Waals surface area contributed by atoms with Gasteiger partial charge in [0.1, 0.15) is 0 Å². The molecule has 214 valence electrons. The van der Waals surface area contributed by atoms with E-state index in [0.717, 1.165) is 50.7 Å². The Morgan fingerprint density at radius 1 is 0.929 bits per heavy atom. The van der Waals surface area contributed by atoms with E-state index in [1.54, 1.807) is 47.8 Å². The third-order valence-electron chi connectivity index (χ3n) is 6.99. The van der Waals surface area contributed by atoms with Gasteiger partial charge in [-0.3, -0.25) is 23.7 Å². The number of pyridine rings is 2. The third-order valence-corrected chi connectivity index (χ3v) is 7.85. The van der Waals surface area contributed by atoms with Crippen molar-refractivity contribution in [1.82, 2.24) is 19.1 Å². The number of hydrogen-bond donors (Lipinski definition) is 1. The van der Waals surface area contributed by atoms with Crippen LogP contribution in [0.25, 0.3) is 38.8 Å². The number of rotatable bonds is 6. The fourth-order valence-corrected chi connectivity index (χ4v) is 5.17. The van der Waals surface area contributed by atoms with Gasteiger partial charge >= 0.3 is 5.69 Å². The molecule has 0 atom stereocenters. The Labute approximate surface area is 243 Å². The van der Waals surface area contributed by atoms with Crippen molar-refractivity contribution in [3.05, 3.63) is 119 Å². The number of aryl methyl sites for hydroxylation is 2. The van der Waals surface area contributed by atoms with Gasteiger partial charge in [0.15, 0.2) is 0 Å². The van der Waals surface area contributed by atoms with Crippen molar-refractivity contribution in [3.8, 4) is 16.8 Å². The molecule has 0 aliphatic rings. The summed E-state index contributed by atoms with van der Waals surface area (Å²) in [5, 5.41) is 0.931. The molecule has 1 N–H and O–H groups in total. The maximum absolute atomic E-state index is 13.2. The first-order valence-electron chi connectivity index (χ1n) is 13.2. The van der Waals surface area contributed by atoms with Gasteiger partial charge in [0.2, 0.25) is 0 Å². The number of hydrogen-bond acceptors (Lipinski definition) is 6. The molecule has 0 fully saturated rings. The van der Waals surface area contributed by atoms with Crippen molar-refractivity contribution >= 4 is 32.1 Å². The van der Waals surface area contributed by atoms with Crippen molar-refractivity contribution in [3.63, 3.8) is 0 Å². The Kier molecular flexibility index (Phi) is 8.30. The lowest BCUT2D eigenvalue weighted by Gasteiger charge is -2.09. The molecule has 0 aliphatic carbocycles. The smallest absolute Gasteiger partial charge is 0.333 e. The van der Waals surface area contributed by atoms with Gasteiger partial charge in [0, 0.05) is 37.5 Å². The van der Waals surface area contributed by atoms with Crippen molar-refractivity contribution < 1.29 is 17.7 Å². The van der Waals surface area contributed by atoms with E-state index in [1.165, 1.54) is 17.7 Å². The van der Waals surface area contributed by atoms with E-state index in [0.29, 0.717) is 6.61 Å². The Bertz CT molecular complexity index is 2020. The molecule has 10 heteroatoms. The van der Waals surface area contributed by atoms with Crippen molar-refractivity contribution in [1.29, 1.82) is 0 Å². The molecule has 9 nitrogen and oxygen atoms in total. The molecule has 0 saturated heterocycles. The first-order chi connectivity index (χ1) is 20.2. The highest BCUT2D eigenvalue weighted by molar-refractivity contribution is 7.85. The van der Waals surface area contributed by atoms with Crippen molar-refractivity contribution in [2.75, 3.05) is 13.7 Å². The van der Waals surface area contributed by atoms with Gasteiger partial charge in [0.05, 0.1) is 39.9 Å². The van der Waals surface area contributed by atoms with Crippen LogP contribution in [0.15, 0.2) is 107 Å². The number of methoxy groups -OCH3 is 1. The molecule has 3 heterocycles. The average Bonchev–Trinajstić information content (AvgIpc) is 3.26. The fourth-order valence-electron chi connectivity index (χ4n) is 4.69. The lowest BCUT2D eigenvalue weighted by Crippen LogP contribution is -2.20. The highest BCUT2D eigenvalue weighted by Gasteiger charge is 2.17. The largest absolute Gasteiger partial charge is 0.384 e. The Morgan fingerprint density at radius 2 is 1.67 bits per heavy atom. The van der Waals surface area contributed by atoms with Crippen LogP contribution in [0, 0.1) is 6.92 Å². The highest BCUT2D eigenvalue weighted by atomic mass is 32.2. The van der Waals surface area contributed by atoms with E-state index in [9.17, 15) is 13.2 Å². The van der Waals surface area contributed by atoms with E-state index in [2.05, 4.69) is 16.0 Å². The zero-order valence-electron chi connectivity index (χ0n) is 23.4. The molecule has 0 unspecified atom stereocenters. The molecule has 6 aromatic rings. The second-order valence-corrected chi connectivity index (χ2v) is 11.3. The first-order valence-corrected chi connectivity index (χ1v) is 14.6. The number of nitrogens with zero attached hydrogens (tertiary/aromatic N) is 4. The average molecular weight is 583 g/mol. The van der Waals surface area contributed by atoms with Gasteiger partial charge < -0.3 is 4.74 Å². The predicted molar refractivity (Wildman–Crippen MR) is 164 cm³/mol. The summed E-state index contributed by atoms with van der Waals surface area (Å²) in [5.74, 6) is 0. The molecule has 0 spiro atoms. The van der Waals surface area contributed by atoms with Crippen LogP contribution in [0.5, 0.6) is 0 Å². The molecule has 0 saturated carbocycles.